The van der Waals surface area contributed by atoms with Gasteiger partial charge < -0.3 is 20.1 Å². The number of rotatable bonds is 9. The van der Waals surface area contributed by atoms with Crippen LogP contribution in [0, 0.1) is 0 Å². The van der Waals surface area contributed by atoms with Crippen molar-refractivity contribution in [1.82, 2.24) is 5.32 Å². The van der Waals surface area contributed by atoms with Crippen molar-refractivity contribution in [3.05, 3.63) is 96.1 Å². The van der Waals surface area contributed by atoms with Gasteiger partial charge in [0.05, 0.1) is 13.5 Å². The van der Waals surface area contributed by atoms with Crippen molar-refractivity contribution in [3.8, 4) is 5.75 Å². The number of ether oxygens (including phenoxy) is 2. The number of carbonyl (C=O) groups is 3. The first kappa shape index (κ1) is 22.6. The first-order valence-corrected chi connectivity index (χ1v) is 10.0. The molecule has 0 aliphatic carbocycles. The van der Waals surface area contributed by atoms with Gasteiger partial charge in [0.25, 0.3) is 5.91 Å². The summed E-state index contributed by atoms with van der Waals surface area (Å²) >= 11 is 0. The number of carbonyl (C=O) groups excluding carboxylic acids is 3. The van der Waals surface area contributed by atoms with Crippen LogP contribution in [-0.2, 0) is 25.5 Å². The number of benzene rings is 3. The van der Waals surface area contributed by atoms with E-state index in [1.807, 2.05) is 48.5 Å². The number of nitrogens with one attached hydrogen (secondary N) is 2. The van der Waals surface area contributed by atoms with Crippen molar-refractivity contribution in [3.63, 3.8) is 0 Å². The predicted molar refractivity (Wildman–Crippen MR) is 120 cm³/mol. The molecule has 0 aliphatic rings. The zero-order valence-corrected chi connectivity index (χ0v) is 17.6. The van der Waals surface area contributed by atoms with Crippen LogP contribution in [0.25, 0.3) is 0 Å². The first-order chi connectivity index (χ1) is 15.5. The van der Waals surface area contributed by atoms with Crippen LogP contribution in [-0.4, -0.2) is 31.4 Å². The molecule has 0 saturated heterocycles. The van der Waals surface area contributed by atoms with Crippen LogP contribution in [0.4, 0.5) is 5.69 Å². The molecule has 7 heteroatoms. The zero-order chi connectivity index (χ0) is 22.8. The van der Waals surface area contributed by atoms with Crippen molar-refractivity contribution >= 4 is 23.5 Å². The van der Waals surface area contributed by atoms with E-state index >= 15 is 0 Å². The van der Waals surface area contributed by atoms with Gasteiger partial charge >= 0.3 is 5.97 Å². The van der Waals surface area contributed by atoms with E-state index < -0.39 is 12.1 Å². The van der Waals surface area contributed by atoms with Gasteiger partial charge in [0.15, 0.2) is 0 Å². The SMILES string of the molecule is COC(=O)CNC(=O)Cc1ccc(NC(=O)C(Oc2ccccc2)c2ccccc2)cc1. The third-order valence-corrected chi connectivity index (χ3v) is 4.58. The molecule has 7 nitrogen and oxygen atoms in total. The van der Waals surface area contributed by atoms with Crippen LogP contribution in [0.1, 0.15) is 17.2 Å². The number of hydrogen-bond acceptors (Lipinski definition) is 5. The minimum absolute atomic E-state index is 0.106. The lowest BCUT2D eigenvalue weighted by molar-refractivity contribution is -0.141. The van der Waals surface area contributed by atoms with Crippen LogP contribution in [0.3, 0.4) is 0 Å². The van der Waals surface area contributed by atoms with E-state index in [9.17, 15) is 14.4 Å². The summed E-state index contributed by atoms with van der Waals surface area (Å²) in [4.78, 5) is 36.0. The first-order valence-electron chi connectivity index (χ1n) is 10.0. The molecule has 32 heavy (non-hydrogen) atoms. The van der Waals surface area contributed by atoms with Crippen molar-refractivity contribution in [2.24, 2.45) is 0 Å². The summed E-state index contributed by atoms with van der Waals surface area (Å²) in [5, 5.41) is 5.35. The highest BCUT2D eigenvalue weighted by molar-refractivity contribution is 5.95. The van der Waals surface area contributed by atoms with Crippen molar-refractivity contribution in [1.29, 1.82) is 0 Å². The monoisotopic (exact) mass is 432 g/mol. The fourth-order valence-corrected chi connectivity index (χ4v) is 2.94. The van der Waals surface area contributed by atoms with Gasteiger partial charge in [-0.1, -0.05) is 60.7 Å². The van der Waals surface area contributed by atoms with E-state index in [1.54, 1.807) is 36.4 Å². The van der Waals surface area contributed by atoms with Crippen LogP contribution >= 0.6 is 0 Å². The Morgan fingerprint density at radius 2 is 1.47 bits per heavy atom. The topological polar surface area (TPSA) is 93.7 Å². The molecule has 0 fully saturated rings. The average molecular weight is 432 g/mol. The normalized spacial score (nSPS) is 11.2. The zero-order valence-electron chi connectivity index (χ0n) is 17.6. The second-order valence-corrected chi connectivity index (χ2v) is 6.94. The molecule has 164 valence electrons. The summed E-state index contributed by atoms with van der Waals surface area (Å²) in [6, 6.07) is 25.3. The summed E-state index contributed by atoms with van der Waals surface area (Å²) in [7, 11) is 1.26. The Morgan fingerprint density at radius 3 is 2.09 bits per heavy atom. The van der Waals surface area contributed by atoms with Gasteiger partial charge in [0.2, 0.25) is 12.0 Å². The van der Waals surface area contributed by atoms with E-state index in [-0.39, 0.29) is 24.8 Å². The number of methoxy groups -OCH3 is 1. The van der Waals surface area contributed by atoms with Gasteiger partial charge in [-0.25, -0.2) is 0 Å². The molecule has 0 aliphatic heterocycles. The smallest absolute Gasteiger partial charge is 0.325 e. The summed E-state index contributed by atoms with van der Waals surface area (Å²) < 4.78 is 10.5. The maximum Gasteiger partial charge on any atom is 0.325 e. The second-order valence-electron chi connectivity index (χ2n) is 6.94. The summed E-state index contributed by atoms with van der Waals surface area (Å²) in [5.41, 5.74) is 2.05. The average Bonchev–Trinajstić information content (AvgIpc) is 2.83. The molecule has 0 radical (unpaired) electrons. The molecule has 3 aromatic carbocycles. The molecule has 2 amide bonds. The van der Waals surface area contributed by atoms with E-state index in [2.05, 4.69) is 15.4 Å². The van der Waals surface area contributed by atoms with Crippen LogP contribution in [0.2, 0.25) is 0 Å². The standard InChI is InChI=1S/C25H24N2O5/c1-31-23(29)17-26-22(28)16-18-12-14-20(15-13-18)27-25(30)24(19-8-4-2-5-9-19)32-21-10-6-3-7-11-21/h2-15,24H,16-17H2,1H3,(H,26,28)(H,27,30). The highest BCUT2D eigenvalue weighted by Gasteiger charge is 2.23. The van der Waals surface area contributed by atoms with Gasteiger partial charge in [-0.05, 0) is 29.8 Å². The second kappa shape index (κ2) is 11.3. The number of hydrogen-bond donors (Lipinski definition) is 2. The Kier molecular flexibility index (Phi) is 7.97. The quantitative estimate of drug-likeness (QED) is 0.506. The van der Waals surface area contributed by atoms with E-state index in [0.29, 0.717) is 11.4 Å². The van der Waals surface area contributed by atoms with Gasteiger partial charge in [0.1, 0.15) is 12.3 Å². The summed E-state index contributed by atoms with van der Waals surface area (Å²) in [6.07, 6.45) is -0.725. The van der Waals surface area contributed by atoms with Gasteiger partial charge in [-0.15, -0.1) is 0 Å². The maximum absolute atomic E-state index is 13.0. The van der Waals surface area contributed by atoms with E-state index in [1.165, 1.54) is 7.11 Å². The Morgan fingerprint density at radius 1 is 0.844 bits per heavy atom. The van der Waals surface area contributed by atoms with Crippen molar-refractivity contribution < 1.29 is 23.9 Å². The molecule has 2 N–H and O–H groups in total. The van der Waals surface area contributed by atoms with Crippen molar-refractivity contribution in [2.45, 2.75) is 12.5 Å². The number of amides is 2. The fraction of sp³-hybridized carbons (Fsp3) is 0.160. The van der Waals surface area contributed by atoms with Gasteiger partial charge in [0, 0.05) is 11.3 Å². The lowest BCUT2D eigenvalue weighted by atomic mass is 10.1. The third-order valence-electron chi connectivity index (χ3n) is 4.58. The molecule has 0 spiro atoms. The highest BCUT2D eigenvalue weighted by Crippen LogP contribution is 2.23. The molecule has 1 atom stereocenters. The molecule has 0 bridgehead atoms. The lowest BCUT2D eigenvalue weighted by Gasteiger charge is -2.19. The van der Waals surface area contributed by atoms with Crippen LogP contribution < -0.4 is 15.4 Å². The van der Waals surface area contributed by atoms with E-state index in [0.717, 1.165) is 11.1 Å². The molecule has 3 rings (SSSR count). The van der Waals surface area contributed by atoms with Gasteiger partial charge in [-0.2, -0.15) is 0 Å². The lowest BCUT2D eigenvalue weighted by Crippen LogP contribution is -2.31. The third kappa shape index (κ3) is 6.70. The Labute approximate surface area is 186 Å². The Bertz CT molecular complexity index is 1040. The largest absolute Gasteiger partial charge is 0.476 e. The molecular weight excluding hydrogens is 408 g/mol. The maximum atomic E-state index is 13.0. The molecular formula is C25H24N2O5. The van der Waals surface area contributed by atoms with Crippen molar-refractivity contribution in [2.75, 3.05) is 19.0 Å². The minimum Gasteiger partial charge on any atom is -0.476 e. The minimum atomic E-state index is -0.831. The Hall–Kier alpha value is -4.13. The number of anilines is 1. The Balaban J connectivity index is 1.64. The van der Waals surface area contributed by atoms with Crippen LogP contribution in [0.15, 0.2) is 84.9 Å². The number of para-hydroxylation sites is 1. The molecule has 3 aromatic rings. The predicted octanol–water partition coefficient (Wildman–Crippen LogP) is 3.28. The molecule has 1 unspecified atom stereocenters. The molecule has 0 heterocycles. The fourth-order valence-electron chi connectivity index (χ4n) is 2.94. The van der Waals surface area contributed by atoms with Crippen LogP contribution in [0.5, 0.6) is 5.75 Å². The molecule has 0 aromatic heterocycles. The highest BCUT2D eigenvalue weighted by atomic mass is 16.5. The van der Waals surface area contributed by atoms with Gasteiger partial charge in [-0.3, -0.25) is 14.4 Å². The summed E-state index contributed by atoms with van der Waals surface area (Å²) in [6.45, 7) is -0.175. The van der Waals surface area contributed by atoms with E-state index in [4.69, 9.17) is 4.74 Å². The summed E-state index contributed by atoms with van der Waals surface area (Å²) in [5.74, 6) is -0.539. The molecule has 0 saturated carbocycles. The number of esters is 1.